The van der Waals surface area contributed by atoms with E-state index in [9.17, 15) is 14.5 Å². The molecular weight excluding hydrogens is 214 g/mol. The predicted octanol–water partition coefficient (Wildman–Crippen LogP) is 2.06. The molecule has 0 aromatic rings. The molecule has 0 aliphatic heterocycles. The normalized spacial score (nSPS) is 9.62. The third-order valence-corrected chi connectivity index (χ3v) is 1.82. The highest BCUT2D eigenvalue weighted by atomic mass is 17.0. The fourth-order valence-corrected chi connectivity index (χ4v) is 0.918. The molecule has 0 N–H and O–H groups in total. The summed E-state index contributed by atoms with van der Waals surface area (Å²) < 4.78 is 0. The molecule has 0 atom stereocenters. The lowest BCUT2D eigenvalue weighted by Gasteiger charge is -1.92. The van der Waals surface area contributed by atoms with E-state index in [1.54, 1.807) is 0 Å². The van der Waals surface area contributed by atoms with Gasteiger partial charge in [0, 0.05) is 0 Å². The average molecular weight is 232 g/mol. The molecule has 6 heteroatoms. The van der Waals surface area contributed by atoms with Crippen molar-refractivity contribution in [3.8, 4) is 0 Å². The van der Waals surface area contributed by atoms with E-state index >= 15 is 0 Å². The minimum Gasteiger partial charge on any atom is -0.244 e. The minimum atomic E-state index is -0.694. The van der Waals surface area contributed by atoms with Crippen LogP contribution in [0.5, 0.6) is 0 Å². The summed E-state index contributed by atoms with van der Waals surface area (Å²) >= 11 is 0. The van der Waals surface area contributed by atoms with Gasteiger partial charge in [0.05, 0.1) is 12.8 Å². The topological polar surface area (TPSA) is 72.7 Å². The van der Waals surface area contributed by atoms with Gasteiger partial charge in [0.1, 0.15) is 4.91 Å². The molecule has 0 fully saturated rings. The zero-order valence-electron chi connectivity index (χ0n) is 9.73. The van der Waals surface area contributed by atoms with Gasteiger partial charge in [-0.1, -0.05) is 26.7 Å². The van der Waals surface area contributed by atoms with Crippen molar-refractivity contribution in [2.24, 2.45) is 0 Å². The molecule has 0 aromatic carbocycles. The van der Waals surface area contributed by atoms with Crippen LogP contribution in [-0.4, -0.2) is 17.0 Å². The van der Waals surface area contributed by atoms with Crippen LogP contribution in [0.1, 0.15) is 52.4 Å². The first-order valence-electron chi connectivity index (χ1n) is 5.49. The molecular formula is C10H18NO5+. The van der Waals surface area contributed by atoms with E-state index in [-0.39, 0.29) is 12.8 Å². The maximum atomic E-state index is 11.0. The first-order chi connectivity index (χ1) is 7.60. The second kappa shape index (κ2) is 8.82. The largest absolute Gasteiger partial charge is 0.495 e. The van der Waals surface area contributed by atoms with Crippen molar-refractivity contribution in [2.75, 3.05) is 0 Å². The van der Waals surface area contributed by atoms with E-state index in [1.807, 2.05) is 13.8 Å². The monoisotopic (exact) mass is 232 g/mol. The van der Waals surface area contributed by atoms with Crippen LogP contribution < -0.4 is 0 Å². The molecule has 0 radical (unpaired) electrons. The van der Waals surface area contributed by atoms with E-state index in [0.717, 1.165) is 12.8 Å². The lowest BCUT2D eigenvalue weighted by atomic mass is 10.3. The fourth-order valence-electron chi connectivity index (χ4n) is 0.918. The van der Waals surface area contributed by atoms with Gasteiger partial charge >= 0.3 is 17.0 Å². The predicted molar refractivity (Wildman–Crippen MR) is 54.9 cm³/mol. The van der Waals surface area contributed by atoms with E-state index in [4.69, 9.17) is 0 Å². The smallest absolute Gasteiger partial charge is 0.244 e. The fraction of sp³-hybridized carbons (Fsp3) is 0.800. The molecule has 6 nitrogen and oxygen atoms in total. The van der Waals surface area contributed by atoms with Crippen LogP contribution in [0.15, 0.2) is 0 Å². The van der Waals surface area contributed by atoms with Crippen molar-refractivity contribution in [3.05, 3.63) is 4.91 Å². The van der Waals surface area contributed by atoms with Gasteiger partial charge in [-0.05, 0) is 12.8 Å². The van der Waals surface area contributed by atoms with Crippen LogP contribution in [0, 0.1) is 4.91 Å². The number of hydrogen-bond acceptors (Lipinski definition) is 5. The molecule has 0 saturated carbocycles. The maximum Gasteiger partial charge on any atom is 0.495 e. The van der Waals surface area contributed by atoms with Gasteiger partial charge in [0.2, 0.25) is 0 Å². The molecule has 0 spiro atoms. The Labute approximate surface area is 94.4 Å². The Hall–Kier alpha value is -1.46. The Bertz CT molecular complexity index is 228. The molecule has 0 rings (SSSR count). The van der Waals surface area contributed by atoms with Crippen molar-refractivity contribution in [3.63, 3.8) is 0 Å². The maximum absolute atomic E-state index is 11.0. The second-order valence-corrected chi connectivity index (χ2v) is 3.36. The molecule has 0 bridgehead atoms. The van der Waals surface area contributed by atoms with E-state index < -0.39 is 17.0 Å². The van der Waals surface area contributed by atoms with Crippen molar-refractivity contribution < 1.29 is 24.4 Å². The Balaban J connectivity index is 3.72. The first kappa shape index (κ1) is 14.5. The number of carbonyl (C=O) groups is 2. The highest BCUT2D eigenvalue weighted by molar-refractivity contribution is 5.69. The standard InChI is InChI=1S/C10H18NO5/c1-3-5-7-9(12)15-11(14)16-10(13)8-6-4-2/h3-8H2,1-2H3/q+1. The van der Waals surface area contributed by atoms with Crippen LogP contribution in [0.25, 0.3) is 0 Å². The minimum absolute atomic E-state index is 0.141. The molecule has 0 unspecified atom stereocenters. The second-order valence-electron chi connectivity index (χ2n) is 3.36. The third-order valence-electron chi connectivity index (χ3n) is 1.82. The Morgan fingerprint density at radius 2 is 1.31 bits per heavy atom. The lowest BCUT2D eigenvalue weighted by Crippen LogP contribution is -2.19. The summed E-state index contributed by atoms with van der Waals surface area (Å²) in [7, 11) is 0. The van der Waals surface area contributed by atoms with Crippen LogP contribution >= 0.6 is 0 Å². The molecule has 0 aliphatic rings. The van der Waals surface area contributed by atoms with Crippen LogP contribution in [0.2, 0.25) is 0 Å². The van der Waals surface area contributed by atoms with E-state index in [2.05, 4.69) is 9.68 Å². The molecule has 0 saturated heterocycles. The van der Waals surface area contributed by atoms with Gasteiger partial charge in [0.25, 0.3) is 0 Å². The van der Waals surface area contributed by atoms with Crippen LogP contribution in [0.4, 0.5) is 0 Å². The van der Waals surface area contributed by atoms with Gasteiger partial charge in [-0.2, -0.15) is 0 Å². The summed E-state index contributed by atoms with van der Waals surface area (Å²) in [4.78, 5) is 41.1. The summed E-state index contributed by atoms with van der Waals surface area (Å²) in [5, 5.41) is -0.421. The quantitative estimate of drug-likeness (QED) is 0.599. The summed E-state index contributed by atoms with van der Waals surface area (Å²) in [6, 6.07) is 0. The van der Waals surface area contributed by atoms with E-state index in [1.165, 1.54) is 0 Å². The van der Waals surface area contributed by atoms with Crippen LogP contribution in [0.3, 0.4) is 0 Å². The highest BCUT2D eigenvalue weighted by Crippen LogP contribution is 1.99. The van der Waals surface area contributed by atoms with Crippen molar-refractivity contribution in [1.29, 1.82) is 0 Å². The zero-order valence-corrected chi connectivity index (χ0v) is 9.73. The number of carbonyl (C=O) groups excluding carboxylic acids is 2. The van der Waals surface area contributed by atoms with Crippen molar-refractivity contribution in [1.82, 2.24) is 0 Å². The molecule has 0 aromatic heterocycles. The van der Waals surface area contributed by atoms with Gasteiger partial charge < -0.3 is 0 Å². The Kier molecular flexibility index (Phi) is 8.01. The number of hydrogen-bond donors (Lipinski definition) is 0. The third kappa shape index (κ3) is 7.90. The SMILES string of the molecule is CCCCC(=O)O[N+](=O)OC(=O)CCCC. The lowest BCUT2D eigenvalue weighted by molar-refractivity contribution is -0.945. The number of nitrogens with zero attached hydrogens (tertiary/aromatic N) is 1. The van der Waals surface area contributed by atoms with Crippen molar-refractivity contribution in [2.45, 2.75) is 52.4 Å². The number of unbranched alkanes of at least 4 members (excludes halogenated alkanes) is 2. The van der Waals surface area contributed by atoms with Crippen molar-refractivity contribution >= 4 is 11.9 Å². The summed E-state index contributed by atoms with van der Waals surface area (Å²) in [5.74, 6) is -1.39. The highest BCUT2D eigenvalue weighted by Gasteiger charge is 2.23. The zero-order chi connectivity index (χ0) is 12.4. The van der Waals surface area contributed by atoms with Gasteiger partial charge in [-0.15, -0.1) is 9.68 Å². The summed E-state index contributed by atoms with van der Waals surface area (Å²) in [6.45, 7) is 3.82. The molecule has 0 aliphatic carbocycles. The first-order valence-corrected chi connectivity index (χ1v) is 5.49. The van der Waals surface area contributed by atoms with Gasteiger partial charge in [0.15, 0.2) is 0 Å². The molecule has 92 valence electrons. The van der Waals surface area contributed by atoms with Crippen LogP contribution in [-0.2, 0) is 19.3 Å². The van der Waals surface area contributed by atoms with Gasteiger partial charge in [-0.3, -0.25) is 0 Å². The average Bonchev–Trinajstić information content (AvgIpc) is 2.23. The Morgan fingerprint density at radius 1 is 0.938 bits per heavy atom. The number of rotatable bonds is 8. The molecule has 16 heavy (non-hydrogen) atoms. The summed E-state index contributed by atoms with van der Waals surface area (Å²) in [6.07, 6.45) is 3.20. The summed E-state index contributed by atoms with van der Waals surface area (Å²) in [5.41, 5.74) is 0. The molecule has 0 heterocycles. The molecule has 0 amide bonds. The van der Waals surface area contributed by atoms with Gasteiger partial charge in [-0.25, -0.2) is 9.59 Å². The van der Waals surface area contributed by atoms with E-state index in [0.29, 0.717) is 12.8 Å². The Morgan fingerprint density at radius 3 is 1.62 bits per heavy atom.